The number of ether oxygens (including phenoxy) is 1. The van der Waals surface area contributed by atoms with E-state index >= 15 is 0 Å². The van der Waals surface area contributed by atoms with Gasteiger partial charge in [-0.25, -0.2) is 0 Å². The summed E-state index contributed by atoms with van der Waals surface area (Å²) in [5.41, 5.74) is 1.60. The zero-order chi connectivity index (χ0) is 15.2. The minimum atomic E-state index is -0.0733. The van der Waals surface area contributed by atoms with E-state index in [1.165, 1.54) is 24.1 Å². The Labute approximate surface area is 134 Å². The normalized spacial score (nSPS) is 24.2. The fourth-order valence-corrected chi connectivity index (χ4v) is 5.54. The number of rotatable bonds is 4. The number of carbonyl (C=O) groups is 1. The van der Waals surface area contributed by atoms with Gasteiger partial charge >= 0.3 is 0 Å². The van der Waals surface area contributed by atoms with E-state index < -0.39 is 0 Å². The second kappa shape index (κ2) is 5.32. The van der Waals surface area contributed by atoms with E-state index in [2.05, 4.69) is 5.32 Å². The molecule has 22 heavy (non-hydrogen) atoms. The van der Waals surface area contributed by atoms with Crippen molar-refractivity contribution in [3.8, 4) is 0 Å². The van der Waals surface area contributed by atoms with Crippen LogP contribution in [0.5, 0.6) is 0 Å². The van der Waals surface area contributed by atoms with Crippen LogP contribution in [0.3, 0.4) is 0 Å². The van der Waals surface area contributed by atoms with E-state index in [-0.39, 0.29) is 17.9 Å². The van der Waals surface area contributed by atoms with Gasteiger partial charge in [-0.2, -0.15) is 0 Å². The standard InChI is InChI=1S/C17H23NO3S/c19-11-17(8-16(9-17)3-1-4-16)10-18-15(20)14-6-12-7-21-5-2-13(12)22-14/h6,19H,1-5,7-11H2,(H,18,20). The van der Waals surface area contributed by atoms with Crippen LogP contribution < -0.4 is 5.32 Å². The summed E-state index contributed by atoms with van der Waals surface area (Å²) in [6, 6.07) is 1.97. The number of thiophene rings is 1. The van der Waals surface area contributed by atoms with Crippen molar-refractivity contribution in [2.45, 2.75) is 45.1 Å². The molecule has 4 rings (SSSR count). The van der Waals surface area contributed by atoms with Crippen molar-refractivity contribution in [3.05, 3.63) is 21.4 Å². The molecule has 1 aromatic rings. The summed E-state index contributed by atoms with van der Waals surface area (Å²) in [5.74, 6) is 0.00165. The summed E-state index contributed by atoms with van der Waals surface area (Å²) in [5, 5.41) is 12.8. The van der Waals surface area contributed by atoms with Crippen LogP contribution in [-0.2, 0) is 17.8 Å². The summed E-state index contributed by atoms with van der Waals surface area (Å²) in [7, 11) is 0. The molecule has 1 amide bonds. The van der Waals surface area contributed by atoms with Gasteiger partial charge in [0.1, 0.15) is 0 Å². The Balaban J connectivity index is 1.37. The van der Waals surface area contributed by atoms with E-state index in [1.807, 2.05) is 6.07 Å². The molecule has 2 fully saturated rings. The van der Waals surface area contributed by atoms with Crippen LogP contribution in [0.1, 0.15) is 52.2 Å². The van der Waals surface area contributed by atoms with Crippen LogP contribution in [0.15, 0.2) is 6.07 Å². The average molecular weight is 321 g/mol. The van der Waals surface area contributed by atoms with Gasteiger partial charge in [0.15, 0.2) is 0 Å². The molecule has 1 spiro atoms. The molecule has 3 aliphatic rings. The molecule has 120 valence electrons. The first kappa shape index (κ1) is 14.7. The lowest BCUT2D eigenvalue weighted by Gasteiger charge is -2.60. The SMILES string of the molecule is O=C(NCC1(CO)CC2(CCC2)C1)c1cc2c(s1)CCOC2. The molecule has 0 radical (unpaired) electrons. The van der Waals surface area contributed by atoms with E-state index in [9.17, 15) is 9.90 Å². The van der Waals surface area contributed by atoms with Crippen molar-refractivity contribution in [3.63, 3.8) is 0 Å². The molecule has 2 aliphatic carbocycles. The van der Waals surface area contributed by atoms with Gasteiger partial charge in [0.25, 0.3) is 5.91 Å². The molecule has 0 saturated heterocycles. The molecule has 2 N–H and O–H groups in total. The van der Waals surface area contributed by atoms with E-state index in [0.29, 0.717) is 18.6 Å². The van der Waals surface area contributed by atoms with Gasteiger partial charge < -0.3 is 15.2 Å². The zero-order valence-corrected chi connectivity index (χ0v) is 13.6. The highest BCUT2D eigenvalue weighted by Gasteiger charge is 2.56. The lowest BCUT2D eigenvalue weighted by Crippen LogP contribution is -2.56. The zero-order valence-electron chi connectivity index (χ0n) is 12.8. The van der Waals surface area contributed by atoms with Crippen LogP contribution in [0.25, 0.3) is 0 Å². The molecule has 1 aliphatic heterocycles. The van der Waals surface area contributed by atoms with Crippen molar-refractivity contribution >= 4 is 17.2 Å². The lowest BCUT2D eigenvalue weighted by atomic mass is 9.45. The van der Waals surface area contributed by atoms with Crippen LogP contribution >= 0.6 is 11.3 Å². The van der Waals surface area contributed by atoms with Gasteiger partial charge in [-0.15, -0.1) is 11.3 Å². The maximum atomic E-state index is 12.4. The number of aliphatic hydroxyl groups excluding tert-OH is 1. The first-order valence-corrected chi connectivity index (χ1v) is 9.04. The van der Waals surface area contributed by atoms with E-state index in [4.69, 9.17) is 4.74 Å². The predicted octanol–water partition coefficient (Wildman–Crippen LogP) is 2.49. The average Bonchev–Trinajstić information content (AvgIpc) is 2.88. The second-order valence-corrected chi connectivity index (χ2v) is 8.55. The molecule has 0 bridgehead atoms. The summed E-state index contributed by atoms with van der Waals surface area (Å²) in [4.78, 5) is 14.4. The monoisotopic (exact) mass is 321 g/mol. The second-order valence-electron chi connectivity index (χ2n) is 7.41. The van der Waals surface area contributed by atoms with Crippen LogP contribution in [0, 0.1) is 10.8 Å². The van der Waals surface area contributed by atoms with Gasteiger partial charge in [-0.1, -0.05) is 6.42 Å². The summed E-state index contributed by atoms with van der Waals surface area (Å²) >= 11 is 1.59. The molecule has 0 aromatic carbocycles. The fraction of sp³-hybridized carbons (Fsp3) is 0.706. The quantitative estimate of drug-likeness (QED) is 0.896. The topological polar surface area (TPSA) is 58.6 Å². The first-order chi connectivity index (χ1) is 10.6. The van der Waals surface area contributed by atoms with Crippen molar-refractivity contribution in [2.75, 3.05) is 19.8 Å². The third-order valence-corrected chi connectivity index (χ3v) is 6.96. The Morgan fingerprint density at radius 1 is 1.41 bits per heavy atom. The first-order valence-electron chi connectivity index (χ1n) is 8.22. The number of hydrogen-bond acceptors (Lipinski definition) is 4. The van der Waals surface area contributed by atoms with Crippen LogP contribution in [0.2, 0.25) is 0 Å². The van der Waals surface area contributed by atoms with Crippen molar-refractivity contribution in [1.29, 1.82) is 0 Å². The Hall–Kier alpha value is -0.910. The van der Waals surface area contributed by atoms with Gasteiger partial charge in [-0.3, -0.25) is 4.79 Å². The van der Waals surface area contributed by atoms with Gasteiger partial charge in [0.2, 0.25) is 0 Å². The van der Waals surface area contributed by atoms with Crippen molar-refractivity contribution < 1.29 is 14.6 Å². The highest BCUT2D eigenvalue weighted by Crippen LogP contribution is 2.64. The number of fused-ring (bicyclic) bond motifs is 1. The molecule has 2 heterocycles. The van der Waals surface area contributed by atoms with E-state index in [0.717, 1.165) is 36.3 Å². The molecule has 0 atom stereocenters. The molecular formula is C17H23NO3S. The Kier molecular flexibility index (Phi) is 3.55. The summed E-state index contributed by atoms with van der Waals surface area (Å²) in [6.45, 7) is 2.17. The molecule has 1 aromatic heterocycles. The highest BCUT2D eigenvalue weighted by molar-refractivity contribution is 7.14. The molecule has 4 nitrogen and oxygen atoms in total. The highest BCUT2D eigenvalue weighted by atomic mass is 32.1. The lowest BCUT2D eigenvalue weighted by molar-refractivity contribution is -0.118. The molecular weight excluding hydrogens is 298 g/mol. The summed E-state index contributed by atoms with van der Waals surface area (Å²) in [6.07, 6.45) is 7.00. The number of hydrogen-bond donors (Lipinski definition) is 2. The third-order valence-electron chi connectivity index (χ3n) is 5.73. The fourth-order valence-electron chi connectivity index (χ4n) is 4.48. The molecule has 0 unspecified atom stereocenters. The van der Waals surface area contributed by atoms with Crippen molar-refractivity contribution in [1.82, 2.24) is 5.32 Å². The smallest absolute Gasteiger partial charge is 0.261 e. The predicted molar refractivity (Wildman–Crippen MR) is 85.0 cm³/mol. The maximum Gasteiger partial charge on any atom is 0.261 e. The number of carbonyl (C=O) groups excluding carboxylic acids is 1. The van der Waals surface area contributed by atoms with Crippen LogP contribution in [0.4, 0.5) is 0 Å². The van der Waals surface area contributed by atoms with Crippen molar-refractivity contribution in [2.24, 2.45) is 10.8 Å². The largest absolute Gasteiger partial charge is 0.396 e. The summed E-state index contributed by atoms with van der Waals surface area (Å²) < 4.78 is 5.43. The van der Waals surface area contributed by atoms with Gasteiger partial charge in [-0.05, 0) is 42.7 Å². The Morgan fingerprint density at radius 3 is 2.86 bits per heavy atom. The number of aliphatic hydroxyl groups is 1. The Bertz CT molecular complexity index is 559. The number of amides is 1. The minimum Gasteiger partial charge on any atom is -0.396 e. The van der Waals surface area contributed by atoms with Gasteiger partial charge in [0.05, 0.1) is 24.7 Å². The third kappa shape index (κ3) is 2.39. The maximum absolute atomic E-state index is 12.4. The minimum absolute atomic E-state index is 0.00165. The molecule has 2 saturated carbocycles. The van der Waals surface area contributed by atoms with E-state index in [1.54, 1.807) is 11.3 Å². The molecule has 5 heteroatoms. The van der Waals surface area contributed by atoms with Gasteiger partial charge in [0, 0.05) is 23.3 Å². The van der Waals surface area contributed by atoms with Crippen LogP contribution in [-0.4, -0.2) is 30.8 Å². The number of nitrogens with one attached hydrogen (secondary N) is 1. The Morgan fingerprint density at radius 2 is 2.23 bits per heavy atom.